The van der Waals surface area contributed by atoms with Gasteiger partial charge in [0.2, 0.25) is 0 Å². The zero-order chi connectivity index (χ0) is 22.3. The summed E-state index contributed by atoms with van der Waals surface area (Å²) in [5.74, 6) is 10.8. The Morgan fingerprint density at radius 2 is 0.690 bits per heavy atom. The van der Waals surface area contributed by atoms with Crippen LogP contribution in [-0.4, -0.2) is 0 Å². The van der Waals surface area contributed by atoms with Gasteiger partial charge in [-0.05, 0) is 65.1 Å². The Hall–Kier alpha value is 1.10. The topological polar surface area (TPSA) is 0 Å². The first-order chi connectivity index (χ1) is 12.8. The molecule has 0 nitrogen and oxygen atoms in total. The molecule has 0 N–H and O–H groups in total. The van der Waals surface area contributed by atoms with Crippen molar-refractivity contribution in [1.82, 2.24) is 0 Å². The summed E-state index contributed by atoms with van der Waals surface area (Å²) in [6, 6.07) is 0. The van der Waals surface area contributed by atoms with Gasteiger partial charge in [-0.2, -0.15) is 5.92 Å². The molecule has 2 saturated carbocycles. The van der Waals surface area contributed by atoms with Gasteiger partial charge < -0.3 is 6.92 Å². The summed E-state index contributed by atoms with van der Waals surface area (Å²) in [4.78, 5) is 0. The zero-order valence-corrected chi connectivity index (χ0v) is 25.5. The fourth-order valence-electron chi connectivity index (χ4n) is 5.64. The maximum Gasteiger partial charge on any atom is 0 e. The standard InChI is InChI=1S/2C10H20.C8H17.Y/c2*1-6-7(2)9(4)10(5)8(6)3;1-5-8(4)6-7(2)3;/h2*6-10H,1-5H3;7-8H,2,5-6H2,1,3-4H3;/q;;-1;. The summed E-state index contributed by atoms with van der Waals surface area (Å²) in [5, 5.41) is 0. The van der Waals surface area contributed by atoms with Gasteiger partial charge in [-0.25, -0.2) is 0 Å². The van der Waals surface area contributed by atoms with E-state index < -0.39 is 0 Å². The third-order valence-electron chi connectivity index (χ3n) is 9.80. The van der Waals surface area contributed by atoms with Gasteiger partial charge in [0.1, 0.15) is 0 Å². The second-order valence-corrected chi connectivity index (χ2v) is 11.4. The average molecular weight is 483 g/mol. The van der Waals surface area contributed by atoms with Crippen LogP contribution >= 0.6 is 0 Å². The van der Waals surface area contributed by atoms with Gasteiger partial charge in [-0.15, -0.1) is 0 Å². The predicted molar refractivity (Wildman–Crippen MR) is 130 cm³/mol. The fourth-order valence-corrected chi connectivity index (χ4v) is 5.64. The van der Waals surface area contributed by atoms with E-state index in [1.165, 1.54) is 12.8 Å². The van der Waals surface area contributed by atoms with Crippen molar-refractivity contribution in [3.05, 3.63) is 6.92 Å². The van der Waals surface area contributed by atoms with E-state index in [1.807, 2.05) is 0 Å². The number of rotatable bonds is 3. The van der Waals surface area contributed by atoms with Gasteiger partial charge in [-0.1, -0.05) is 103 Å². The van der Waals surface area contributed by atoms with E-state index in [4.69, 9.17) is 0 Å². The Morgan fingerprint density at radius 1 is 0.517 bits per heavy atom. The minimum atomic E-state index is 0. The van der Waals surface area contributed by atoms with E-state index in [2.05, 4.69) is 96.9 Å². The summed E-state index contributed by atoms with van der Waals surface area (Å²) in [6.07, 6.45) is 2.57. The van der Waals surface area contributed by atoms with Crippen LogP contribution in [0, 0.1) is 77.9 Å². The minimum Gasteiger partial charge on any atom is -0.341 e. The molecule has 1 radical (unpaired) electrons. The molecule has 2 unspecified atom stereocenters. The smallest absolute Gasteiger partial charge is 0 e. The van der Waals surface area contributed by atoms with Gasteiger partial charge in [0.15, 0.2) is 0 Å². The third kappa shape index (κ3) is 9.64. The van der Waals surface area contributed by atoms with Gasteiger partial charge in [-0.3, -0.25) is 0 Å². The summed E-state index contributed by atoms with van der Waals surface area (Å²) >= 11 is 0. The molecule has 2 rings (SSSR count). The summed E-state index contributed by atoms with van der Waals surface area (Å²) < 4.78 is 0. The molecule has 0 saturated heterocycles. The van der Waals surface area contributed by atoms with Crippen molar-refractivity contribution in [3.63, 3.8) is 0 Å². The van der Waals surface area contributed by atoms with Crippen molar-refractivity contribution in [2.45, 2.75) is 103 Å². The molecule has 2 atom stereocenters. The maximum atomic E-state index is 3.93. The van der Waals surface area contributed by atoms with Crippen LogP contribution in [0.25, 0.3) is 0 Å². The molecule has 0 aromatic rings. The Labute approximate surface area is 212 Å². The van der Waals surface area contributed by atoms with Crippen molar-refractivity contribution in [3.8, 4) is 0 Å². The van der Waals surface area contributed by atoms with Gasteiger partial charge in [0.25, 0.3) is 0 Å². The maximum absolute atomic E-state index is 3.93. The molecule has 2 fully saturated rings. The van der Waals surface area contributed by atoms with Gasteiger partial charge >= 0.3 is 0 Å². The second kappa shape index (κ2) is 15.0. The zero-order valence-electron chi connectivity index (χ0n) is 22.6. The first-order valence-corrected chi connectivity index (χ1v) is 12.6. The van der Waals surface area contributed by atoms with Crippen LogP contribution in [0.2, 0.25) is 0 Å². The molecule has 0 spiro atoms. The SMILES string of the molecule is CC1C(C)C(C)C(C)C1C.CC1C(C)C(C)C(C)C1C.[CH2-]C(C)CC(C)CC.[Y]. The average Bonchev–Trinajstić information content (AvgIpc) is 2.92. The van der Waals surface area contributed by atoms with Crippen LogP contribution < -0.4 is 0 Å². The normalized spacial score (nSPS) is 43.2. The van der Waals surface area contributed by atoms with Crippen molar-refractivity contribution >= 4 is 0 Å². The molecular weight excluding hydrogens is 425 g/mol. The van der Waals surface area contributed by atoms with E-state index >= 15 is 0 Å². The van der Waals surface area contributed by atoms with Crippen molar-refractivity contribution in [1.29, 1.82) is 0 Å². The Balaban J connectivity index is 0. The largest absolute Gasteiger partial charge is 0.341 e. The molecule has 0 aromatic heterocycles. The molecule has 2 aliphatic rings. The van der Waals surface area contributed by atoms with Crippen LogP contribution in [0.1, 0.15) is 103 Å². The predicted octanol–water partition coefficient (Wildman–Crippen LogP) is 9.25. The fraction of sp³-hybridized carbons (Fsp3) is 0.964. The van der Waals surface area contributed by atoms with Crippen LogP contribution in [0.5, 0.6) is 0 Å². The molecule has 173 valence electrons. The minimum absolute atomic E-state index is 0. The summed E-state index contributed by atoms with van der Waals surface area (Å²) in [6.45, 7) is 34.6. The van der Waals surface area contributed by atoms with Crippen LogP contribution in [0.3, 0.4) is 0 Å². The molecule has 1 heteroatoms. The molecule has 0 heterocycles. The second-order valence-electron chi connectivity index (χ2n) is 11.4. The monoisotopic (exact) mass is 482 g/mol. The van der Waals surface area contributed by atoms with E-state index in [0.717, 1.165) is 65.1 Å². The quantitative estimate of drug-likeness (QED) is 0.352. The Kier molecular flexibility index (Phi) is 16.7. The molecule has 29 heavy (non-hydrogen) atoms. The molecule has 0 aromatic carbocycles. The molecule has 0 aliphatic heterocycles. The summed E-state index contributed by atoms with van der Waals surface area (Å²) in [5.41, 5.74) is 0. The first kappa shape index (κ1) is 32.3. The van der Waals surface area contributed by atoms with Crippen molar-refractivity contribution in [2.24, 2.45) is 71.0 Å². The Morgan fingerprint density at radius 3 is 0.759 bits per heavy atom. The van der Waals surface area contributed by atoms with Crippen molar-refractivity contribution < 1.29 is 32.7 Å². The van der Waals surface area contributed by atoms with Crippen molar-refractivity contribution in [2.75, 3.05) is 0 Å². The van der Waals surface area contributed by atoms with E-state index in [-0.39, 0.29) is 32.7 Å². The number of hydrogen-bond donors (Lipinski definition) is 0. The van der Waals surface area contributed by atoms with E-state index in [0.29, 0.717) is 5.92 Å². The summed E-state index contributed by atoms with van der Waals surface area (Å²) in [7, 11) is 0. The van der Waals surface area contributed by atoms with Gasteiger partial charge in [0.05, 0.1) is 0 Å². The first-order valence-electron chi connectivity index (χ1n) is 12.6. The van der Waals surface area contributed by atoms with E-state index in [1.54, 1.807) is 0 Å². The van der Waals surface area contributed by atoms with Crippen LogP contribution in [-0.2, 0) is 32.7 Å². The molecule has 0 bridgehead atoms. The van der Waals surface area contributed by atoms with Gasteiger partial charge in [0, 0.05) is 32.7 Å². The van der Waals surface area contributed by atoms with E-state index in [9.17, 15) is 0 Å². The van der Waals surface area contributed by atoms with Crippen LogP contribution in [0.15, 0.2) is 0 Å². The number of hydrogen-bond acceptors (Lipinski definition) is 0. The third-order valence-corrected chi connectivity index (χ3v) is 9.80. The van der Waals surface area contributed by atoms with Crippen LogP contribution in [0.4, 0.5) is 0 Å². The molecule has 2 aliphatic carbocycles. The molecular formula is C28H57Y-. The molecule has 0 amide bonds. The Bertz CT molecular complexity index is 283.